The number of aryl methyl sites for hydroxylation is 1. The number of carbonyl (C=O) groups excluding carboxylic acids is 1. The Hall–Kier alpha value is -1.95. The molecule has 1 aromatic carbocycles. The van der Waals surface area contributed by atoms with Gasteiger partial charge in [0.2, 0.25) is 11.9 Å². The van der Waals surface area contributed by atoms with Crippen LogP contribution >= 0.6 is 0 Å². The van der Waals surface area contributed by atoms with Gasteiger partial charge >= 0.3 is 0 Å². The number of nitrogens with one attached hydrogen (secondary N) is 1. The van der Waals surface area contributed by atoms with E-state index < -0.39 is 6.04 Å². The Kier molecular flexibility index (Phi) is 4.04. The maximum atomic E-state index is 13.2. The Balaban J connectivity index is 2.21. The molecule has 1 aromatic heterocycles. The van der Waals surface area contributed by atoms with E-state index in [1.807, 2.05) is 13.8 Å². The van der Waals surface area contributed by atoms with Crippen LogP contribution in [0.2, 0.25) is 0 Å². The van der Waals surface area contributed by atoms with E-state index in [9.17, 15) is 9.18 Å². The highest BCUT2D eigenvalue weighted by atomic mass is 19.1. The molecule has 2 aromatic rings. The fraction of sp³-hybridized carbons (Fsp3) is 0.429. The molecule has 0 spiro atoms. The quantitative estimate of drug-likeness (QED) is 0.898. The Labute approximate surface area is 117 Å². The minimum atomic E-state index is -0.577. The first-order valence-electron chi connectivity index (χ1n) is 6.57. The maximum absolute atomic E-state index is 13.2. The number of aromatic nitrogens is 2. The van der Waals surface area contributed by atoms with Crippen molar-refractivity contribution in [3.05, 3.63) is 24.0 Å². The van der Waals surface area contributed by atoms with Gasteiger partial charge in [0.05, 0.1) is 17.1 Å². The smallest absolute Gasteiger partial charge is 0.243 e. The fourth-order valence-electron chi connectivity index (χ4n) is 2.10. The lowest BCUT2D eigenvalue weighted by molar-refractivity contribution is -0.117. The van der Waals surface area contributed by atoms with Crippen LogP contribution in [0.4, 0.5) is 10.3 Å². The van der Waals surface area contributed by atoms with Crippen LogP contribution in [0.5, 0.6) is 0 Å². The lowest BCUT2D eigenvalue weighted by Crippen LogP contribution is -2.37. The second-order valence-electron chi connectivity index (χ2n) is 5.35. The number of rotatable bonds is 4. The third-order valence-corrected chi connectivity index (χ3v) is 3.14. The lowest BCUT2D eigenvalue weighted by atomic mass is 10.0. The molecule has 3 N–H and O–H groups in total. The van der Waals surface area contributed by atoms with Crippen LogP contribution in [-0.2, 0) is 11.8 Å². The van der Waals surface area contributed by atoms with Gasteiger partial charge in [-0.3, -0.25) is 10.1 Å². The number of carbonyl (C=O) groups is 1. The summed E-state index contributed by atoms with van der Waals surface area (Å²) in [5, 5.41) is 2.69. The van der Waals surface area contributed by atoms with Crippen molar-refractivity contribution in [1.82, 2.24) is 9.55 Å². The molecule has 0 fully saturated rings. The van der Waals surface area contributed by atoms with Gasteiger partial charge in [-0.05, 0) is 24.5 Å². The number of imidazole rings is 1. The summed E-state index contributed by atoms with van der Waals surface area (Å²) in [7, 11) is 1.76. The number of fused-ring (bicyclic) bond motifs is 1. The fourth-order valence-corrected chi connectivity index (χ4v) is 2.10. The molecule has 0 bridgehead atoms. The molecule has 0 aliphatic heterocycles. The number of halogens is 1. The first kappa shape index (κ1) is 14.5. The third-order valence-electron chi connectivity index (χ3n) is 3.14. The van der Waals surface area contributed by atoms with E-state index in [2.05, 4.69) is 10.3 Å². The largest absolute Gasteiger partial charge is 0.320 e. The molecule has 2 rings (SSSR count). The van der Waals surface area contributed by atoms with Gasteiger partial charge in [0.1, 0.15) is 5.82 Å². The normalized spacial score (nSPS) is 12.9. The number of amides is 1. The Morgan fingerprint density at radius 2 is 2.20 bits per heavy atom. The Morgan fingerprint density at radius 1 is 1.50 bits per heavy atom. The average molecular weight is 278 g/mol. The molecule has 0 unspecified atom stereocenters. The molecule has 1 atom stereocenters. The second-order valence-corrected chi connectivity index (χ2v) is 5.35. The summed E-state index contributed by atoms with van der Waals surface area (Å²) in [5.74, 6) is 0.0719. The van der Waals surface area contributed by atoms with Crippen molar-refractivity contribution in [2.24, 2.45) is 18.7 Å². The molecule has 0 aliphatic carbocycles. The van der Waals surface area contributed by atoms with Gasteiger partial charge in [-0.2, -0.15) is 0 Å². The summed E-state index contributed by atoms with van der Waals surface area (Å²) in [4.78, 5) is 16.2. The van der Waals surface area contributed by atoms with Crippen LogP contribution in [0.3, 0.4) is 0 Å². The summed E-state index contributed by atoms with van der Waals surface area (Å²) in [6.07, 6.45) is 0.602. The summed E-state index contributed by atoms with van der Waals surface area (Å²) in [6.45, 7) is 4.01. The van der Waals surface area contributed by atoms with E-state index in [1.54, 1.807) is 17.7 Å². The molecule has 1 amide bonds. The zero-order valence-electron chi connectivity index (χ0n) is 11.9. The van der Waals surface area contributed by atoms with Crippen molar-refractivity contribution in [2.45, 2.75) is 26.3 Å². The summed E-state index contributed by atoms with van der Waals surface area (Å²) in [6, 6.07) is 3.74. The van der Waals surface area contributed by atoms with Crippen molar-refractivity contribution in [3.8, 4) is 0 Å². The van der Waals surface area contributed by atoms with E-state index in [0.29, 0.717) is 23.8 Å². The highest BCUT2D eigenvalue weighted by molar-refractivity contribution is 5.94. The van der Waals surface area contributed by atoms with Crippen molar-refractivity contribution in [2.75, 3.05) is 5.32 Å². The summed E-state index contributed by atoms with van der Waals surface area (Å²) < 4.78 is 14.9. The summed E-state index contributed by atoms with van der Waals surface area (Å²) >= 11 is 0. The minimum Gasteiger partial charge on any atom is -0.320 e. The first-order chi connectivity index (χ1) is 9.38. The number of hydrogen-bond donors (Lipinski definition) is 2. The standard InChI is InChI=1S/C14H19FN4O/c1-8(2)6-10(16)13(20)18-14-17-11-7-9(15)4-5-12(11)19(14)3/h4-5,7-8,10H,6,16H2,1-3H3,(H,17,18,20)/t10-/m0/s1. The van der Waals surface area contributed by atoms with Crippen LogP contribution in [0.15, 0.2) is 18.2 Å². The average Bonchev–Trinajstić information content (AvgIpc) is 2.64. The predicted molar refractivity (Wildman–Crippen MR) is 76.7 cm³/mol. The van der Waals surface area contributed by atoms with Crippen LogP contribution in [-0.4, -0.2) is 21.5 Å². The molecule has 1 heterocycles. The number of hydrogen-bond acceptors (Lipinski definition) is 3. The van der Waals surface area contributed by atoms with Crippen LogP contribution in [0, 0.1) is 11.7 Å². The van der Waals surface area contributed by atoms with Gasteiger partial charge in [0.25, 0.3) is 0 Å². The van der Waals surface area contributed by atoms with Crippen LogP contribution in [0.1, 0.15) is 20.3 Å². The second kappa shape index (κ2) is 5.58. The van der Waals surface area contributed by atoms with E-state index in [4.69, 9.17) is 5.73 Å². The van der Waals surface area contributed by atoms with Gasteiger partial charge in [-0.25, -0.2) is 9.37 Å². The molecule has 0 saturated carbocycles. The molecule has 108 valence electrons. The molecular weight excluding hydrogens is 259 g/mol. The van der Waals surface area contributed by atoms with E-state index >= 15 is 0 Å². The van der Waals surface area contributed by atoms with Gasteiger partial charge in [0, 0.05) is 13.1 Å². The molecule has 0 saturated heterocycles. The van der Waals surface area contributed by atoms with Crippen LogP contribution < -0.4 is 11.1 Å². The number of benzene rings is 1. The lowest BCUT2D eigenvalue weighted by Gasteiger charge is -2.13. The molecule has 5 nitrogen and oxygen atoms in total. The topological polar surface area (TPSA) is 72.9 Å². The van der Waals surface area contributed by atoms with Gasteiger partial charge in [-0.15, -0.1) is 0 Å². The Morgan fingerprint density at radius 3 is 2.85 bits per heavy atom. The molecule has 20 heavy (non-hydrogen) atoms. The maximum Gasteiger partial charge on any atom is 0.243 e. The van der Waals surface area contributed by atoms with Crippen molar-refractivity contribution in [3.63, 3.8) is 0 Å². The molecule has 6 heteroatoms. The van der Waals surface area contributed by atoms with E-state index in [1.165, 1.54) is 12.1 Å². The van der Waals surface area contributed by atoms with Crippen molar-refractivity contribution in [1.29, 1.82) is 0 Å². The van der Waals surface area contributed by atoms with Gasteiger partial charge < -0.3 is 10.3 Å². The minimum absolute atomic E-state index is 0.280. The van der Waals surface area contributed by atoms with Crippen molar-refractivity contribution >= 4 is 22.9 Å². The number of nitrogens with zero attached hydrogens (tertiary/aromatic N) is 2. The first-order valence-corrected chi connectivity index (χ1v) is 6.57. The third kappa shape index (κ3) is 2.96. The number of anilines is 1. The predicted octanol–water partition coefficient (Wildman–Crippen LogP) is 2.02. The number of nitrogens with two attached hydrogens (primary N) is 1. The SMILES string of the molecule is CC(C)C[C@H](N)C(=O)Nc1nc2cc(F)ccc2n1C. The van der Waals surface area contributed by atoms with Gasteiger partial charge in [-0.1, -0.05) is 13.8 Å². The van der Waals surface area contributed by atoms with E-state index in [0.717, 1.165) is 5.52 Å². The zero-order valence-corrected chi connectivity index (χ0v) is 11.9. The zero-order chi connectivity index (χ0) is 14.9. The van der Waals surface area contributed by atoms with Crippen molar-refractivity contribution < 1.29 is 9.18 Å². The Bertz CT molecular complexity index is 635. The molecule has 0 radical (unpaired) electrons. The van der Waals surface area contributed by atoms with Crippen LogP contribution in [0.25, 0.3) is 11.0 Å². The molecular formula is C14H19FN4O. The monoisotopic (exact) mass is 278 g/mol. The van der Waals surface area contributed by atoms with Gasteiger partial charge in [0.15, 0.2) is 0 Å². The highest BCUT2D eigenvalue weighted by Gasteiger charge is 2.18. The highest BCUT2D eigenvalue weighted by Crippen LogP contribution is 2.19. The summed E-state index contributed by atoms with van der Waals surface area (Å²) in [5.41, 5.74) is 7.07. The molecule has 0 aliphatic rings. The van der Waals surface area contributed by atoms with E-state index in [-0.39, 0.29) is 11.7 Å².